The SMILES string of the molecule is CCn1cnnc1C1CCN(C(=O)c2ccc(C)c(Cl)c2)CC1. The molecule has 0 N–H and O–H groups in total. The quantitative estimate of drug-likeness (QED) is 0.866. The van der Waals surface area contributed by atoms with Crippen LogP contribution in [-0.2, 0) is 6.54 Å². The third kappa shape index (κ3) is 3.24. The molecule has 1 aromatic carbocycles. The third-order valence-electron chi connectivity index (χ3n) is 4.55. The van der Waals surface area contributed by atoms with Gasteiger partial charge in [-0.2, -0.15) is 0 Å². The first-order valence-electron chi connectivity index (χ1n) is 8.03. The predicted octanol–water partition coefficient (Wildman–Crippen LogP) is 3.28. The number of amides is 1. The van der Waals surface area contributed by atoms with Gasteiger partial charge in [0.05, 0.1) is 0 Å². The van der Waals surface area contributed by atoms with E-state index in [0.717, 1.165) is 43.9 Å². The van der Waals surface area contributed by atoms with E-state index in [-0.39, 0.29) is 5.91 Å². The van der Waals surface area contributed by atoms with E-state index in [2.05, 4.69) is 21.7 Å². The van der Waals surface area contributed by atoms with E-state index in [4.69, 9.17) is 11.6 Å². The van der Waals surface area contributed by atoms with Crippen LogP contribution in [0.3, 0.4) is 0 Å². The maximum absolute atomic E-state index is 12.6. The van der Waals surface area contributed by atoms with Crippen molar-refractivity contribution in [1.82, 2.24) is 19.7 Å². The summed E-state index contributed by atoms with van der Waals surface area (Å²) in [5, 5.41) is 8.90. The van der Waals surface area contributed by atoms with Crippen molar-refractivity contribution in [2.75, 3.05) is 13.1 Å². The molecule has 0 atom stereocenters. The van der Waals surface area contributed by atoms with Crippen LogP contribution in [0.4, 0.5) is 0 Å². The van der Waals surface area contributed by atoms with Gasteiger partial charge in [0.15, 0.2) is 0 Å². The maximum Gasteiger partial charge on any atom is 0.253 e. The first-order chi connectivity index (χ1) is 11.1. The van der Waals surface area contributed by atoms with Gasteiger partial charge in [-0.05, 0) is 44.4 Å². The Hall–Kier alpha value is -1.88. The number of hydrogen-bond acceptors (Lipinski definition) is 3. The zero-order valence-corrected chi connectivity index (χ0v) is 14.3. The van der Waals surface area contributed by atoms with Gasteiger partial charge < -0.3 is 9.47 Å². The Morgan fingerprint density at radius 2 is 2.09 bits per heavy atom. The van der Waals surface area contributed by atoms with E-state index in [0.29, 0.717) is 16.5 Å². The minimum atomic E-state index is 0.0577. The minimum absolute atomic E-state index is 0.0577. The summed E-state index contributed by atoms with van der Waals surface area (Å²) in [5.74, 6) is 1.48. The van der Waals surface area contributed by atoms with Crippen LogP contribution in [0.2, 0.25) is 5.02 Å². The summed E-state index contributed by atoms with van der Waals surface area (Å²) in [5.41, 5.74) is 1.65. The minimum Gasteiger partial charge on any atom is -0.339 e. The molecule has 3 rings (SSSR count). The second-order valence-corrected chi connectivity index (χ2v) is 6.41. The fourth-order valence-corrected chi connectivity index (χ4v) is 3.25. The van der Waals surface area contributed by atoms with Crippen molar-refractivity contribution in [3.63, 3.8) is 0 Å². The van der Waals surface area contributed by atoms with Gasteiger partial charge >= 0.3 is 0 Å². The number of likely N-dealkylation sites (tertiary alicyclic amines) is 1. The van der Waals surface area contributed by atoms with Crippen LogP contribution in [0.25, 0.3) is 0 Å². The molecule has 6 heteroatoms. The zero-order valence-electron chi connectivity index (χ0n) is 13.5. The Bertz CT molecular complexity index is 704. The Balaban J connectivity index is 1.66. The molecule has 1 aromatic heterocycles. The van der Waals surface area contributed by atoms with Crippen molar-refractivity contribution in [2.24, 2.45) is 0 Å². The van der Waals surface area contributed by atoms with Crippen LogP contribution >= 0.6 is 11.6 Å². The summed E-state index contributed by atoms with van der Waals surface area (Å²) < 4.78 is 2.09. The lowest BCUT2D eigenvalue weighted by atomic mass is 9.95. The van der Waals surface area contributed by atoms with Gasteiger partial charge in [0.1, 0.15) is 12.2 Å². The molecule has 2 aromatic rings. The molecule has 2 heterocycles. The molecule has 23 heavy (non-hydrogen) atoms. The van der Waals surface area contributed by atoms with Gasteiger partial charge in [-0.1, -0.05) is 17.7 Å². The summed E-state index contributed by atoms with van der Waals surface area (Å²) in [6, 6.07) is 5.51. The standard InChI is InChI=1S/C17H21ClN4O/c1-3-21-11-19-20-16(21)13-6-8-22(9-7-13)17(23)14-5-4-12(2)15(18)10-14/h4-5,10-11,13H,3,6-9H2,1-2H3. The highest BCUT2D eigenvalue weighted by molar-refractivity contribution is 6.31. The zero-order chi connectivity index (χ0) is 16.4. The first-order valence-corrected chi connectivity index (χ1v) is 8.41. The number of carbonyl (C=O) groups excluding carboxylic acids is 1. The van der Waals surface area contributed by atoms with Gasteiger partial charge in [0.2, 0.25) is 0 Å². The molecule has 1 fully saturated rings. The van der Waals surface area contributed by atoms with Crippen LogP contribution in [-0.4, -0.2) is 38.7 Å². The van der Waals surface area contributed by atoms with Crippen LogP contribution in [0.5, 0.6) is 0 Å². The average molecular weight is 333 g/mol. The number of carbonyl (C=O) groups is 1. The van der Waals surface area contributed by atoms with E-state index in [1.165, 1.54) is 0 Å². The average Bonchev–Trinajstić information content (AvgIpc) is 3.05. The van der Waals surface area contributed by atoms with Gasteiger partial charge in [0, 0.05) is 36.1 Å². The van der Waals surface area contributed by atoms with E-state index < -0.39 is 0 Å². The van der Waals surface area contributed by atoms with Crippen LogP contribution in [0.15, 0.2) is 24.5 Å². The van der Waals surface area contributed by atoms with Crippen molar-refractivity contribution >= 4 is 17.5 Å². The highest BCUT2D eigenvalue weighted by Gasteiger charge is 2.27. The predicted molar refractivity (Wildman–Crippen MR) is 89.8 cm³/mol. The maximum atomic E-state index is 12.6. The fraction of sp³-hybridized carbons (Fsp3) is 0.471. The number of piperidine rings is 1. The molecule has 0 unspecified atom stereocenters. The molecule has 0 saturated carbocycles. The summed E-state index contributed by atoms with van der Waals surface area (Å²) >= 11 is 6.13. The molecule has 0 radical (unpaired) electrons. The molecule has 1 amide bonds. The Labute approximate surface area is 141 Å². The third-order valence-corrected chi connectivity index (χ3v) is 4.96. The molecule has 122 valence electrons. The number of aromatic nitrogens is 3. The molecule has 5 nitrogen and oxygen atoms in total. The summed E-state index contributed by atoms with van der Waals surface area (Å²) in [6.07, 6.45) is 3.62. The Morgan fingerprint density at radius 3 is 2.74 bits per heavy atom. The molecule has 1 aliphatic rings. The topological polar surface area (TPSA) is 51.0 Å². The smallest absolute Gasteiger partial charge is 0.253 e. The summed E-state index contributed by atoms with van der Waals surface area (Å²) in [6.45, 7) is 6.39. The molecule has 0 bridgehead atoms. The number of hydrogen-bond donors (Lipinski definition) is 0. The fourth-order valence-electron chi connectivity index (χ4n) is 3.07. The highest BCUT2D eigenvalue weighted by Crippen LogP contribution is 2.27. The lowest BCUT2D eigenvalue weighted by molar-refractivity contribution is 0.0710. The van der Waals surface area contributed by atoms with Gasteiger partial charge in [-0.25, -0.2) is 0 Å². The monoisotopic (exact) mass is 332 g/mol. The number of benzene rings is 1. The number of aryl methyl sites for hydroxylation is 2. The number of rotatable bonds is 3. The molecule has 0 spiro atoms. The molecular weight excluding hydrogens is 312 g/mol. The molecular formula is C17H21ClN4O. The summed E-state index contributed by atoms with van der Waals surface area (Å²) in [4.78, 5) is 14.5. The van der Waals surface area contributed by atoms with E-state index >= 15 is 0 Å². The van der Waals surface area contributed by atoms with Crippen molar-refractivity contribution in [3.05, 3.63) is 46.5 Å². The first kappa shape index (κ1) is 16.0. The lowest BCUT2D eigenvalue weighted by Crippen LogP contribution is -2.38. The van der Waals surface area contributed by atoms with Crippen molar-refractivity contribution < 1.29 is 4.79 Å². The number of halogens is 1. The van der Waals surface area contributed by atoms with Gasteiger partial charge in [-0.3, -0.25) is 4.79 Å². The number of nitrogens with zero attached hydrogens (tertiary/aromatic N) is 4. The van der Waals surface area contributed by atoms with E-state index in [1.807, 2.05) is 24.0 Å². The lowest BCUT2D eigenvalue weighted by Gasteiger charge is -2.31. The highest BCUT2D eigenvalue weighted by atomic mass is 35.5. The summed E-state index contributed by atoms with van der Waals surface area (Å²) in [7, 11) is 0. The van der Waals surface area contributed by atoms with E-state index in [9.17, 15) is 4.79 Å². The van der Waals surface area contributed by atoms with Crippen molar-refractivity contribution in [1.29, 1.82) is 0 Å². The Morgan fingerprint density at radius 1 is 1.35 bits per heavy atom. The molecule has 0 aliphatic carbocycles. The second-order valence-electron chi connectivity index (χ2n) is 6.01. The Kier molecular flexibility index (Phi) is 4.66. The van der Waals surface area contributed by atoms with E-state index in [1.54, 1.807) is 12.4 Å². The molecule has 1 saturated heterocycles. The largest absolute Gasteiger partial charge is 0.339 e. The van der Waals surface area contributed by atoms with Crippen LogP contribution in [0.1, 0.15) is 47.4 Å². The second kappa shape index (κ2) is 6.71. The van der Waals surface area contributed by atoms with Crippen LogP contribution in [0, 0.1) is 6.92 Å². The van der Waals surface area contributed by atoms with Crippen molar-refractivity contribution in [2.45, 2.75) is 39.2 Å². The van der Waals surface area contributed by atoms with Crippen molar-refractivity contribution in [3.8, 4) is 0 Å². The van der Waals surface area contributed by atoms with Gasteiger partial charge in [-0.15, -0.1) is 10.2 Å². The normalized spacial score (nSPS) is 15.9. The van der Waals surface area contributed by atoms with Gasteiger partial charge in [0.25, 0.3) is 5.91 Å². The molecule has 1 aliphatic heterocycles. The van der Waals surface area contributed by atoms with Crippen LogP contribution < -0.4 is 0 Å².